The third kappa shape index (κ3) is 2.73. The molecule has 5 heteroatoms. The molecule has 2 rings (SSSR count). The van der Waals surface area contributed by atoms with Crippen LogP contribution in [0.15, 0.2) is 18.2 Å². The lowest BCUT2D eigenvalue weighted by molar-refractivity contribution is -0.117. The average molecular weight is 369 g/mol. The normalized spacial score (nSPS) is 18.3. The van der Waals surface area contributed by atoms with Crippen molar-refractivity contribution in [2.45, 2.75) is 6.42 Å². The SMILES string of the molecule is C#CC1CC(=O)N(c2ccc(C(=O)OC)cc2I)C1. The highest BCUT2D eigenvalue weighted by molar-refractivity contribution is 14.1. The summed E-state index contributed by atoms with van der Waals surface area (Å²) in [6.45, 7) is 0.531. The zero-order chi connectivity index (χ0) is 14.0. The Balaban J connectivity index is 2.30. The second-order valence-corrected chi connectivity index (χ2v) is 5.39. The molecule has 1 aromatic carbocycles. The molecule has 1 fully saturated rings. The summed E-state index contributed by atoms with van der Waals surface area (Å²) in [6, 6.07) is 5.11. The maximum atomic E-state index is 11.9. The number of benzene rings is 1. The molecule has 1 unspecified atom stereocenters. The number of esters is 1. The van der Waals surface area contributed by atoms with Crippen LogP contribution in [0.3, 0.4) is 0 Å². The number of methoxy groups -OCH3 is 1. The zero-order valence-electron chi connectivity index (χ0n) is 10.4. The number of carbonyl (C=O) groups is 2. The average Bonchev–Trinajstić information content (AvgIpc) is 2.79. The van der Waals surface area contributed by atoms with E-state index in [0.29, 0.717) is 18.5 Å². The first-order valence-corrected chi connectivity index (χ1v) is 6.79. The van der Waals surface area contributed by atoms with E-state index in [1.807, 2.05) is 0 Å². The molecule has 1 saturated heterocycles. The van der Waals surface area contributed by atoms with Crippen LogP contribution >= 0.6 is 22.6 Å². The Kier molecular flexibility index (Phi) is 4.10. The van der Waals surface area contributed by atoms with Crippen LogP contribution in [0.4, 0.5) is 5.69 Å². The number of hydrogen-bond acceptors (Lipinski definition) is 3. The summed E-state index contributed by atoms with van der Waals surface area (Å²) < 4.78 is 5.49. The second kappa shape index (κ2) is 5.61. The van der Waals surface area contributed by atoms with Gasteiger partial charge in [-0.2, -0.15) is 0 Å². The highest BCUT2D eigenvalue weighted by Crippen LogP contribution is 2.29. The third-order valence-electron chi connectivity index (χ3n) is 3.02. The van der Waals surface area contributed by atoms with Crippen molar-refractivity contribution in [2.75, 3.05) is 18.6 Å². The van der Waals surface area contributed by atoms with Crippen molar-refractivity contribution >= 4 is 40.2 Å². The molecule has 0 radical (unpaired) electrons. The Hall–Kier alpha value is -1.55. The number of nitrogens with zero attached hydrogens (tertiary/aromatic N) is 1. The molecule has 1 aliphatic heterocycles. The van der Waals surface area contributed by atoms with Crippen LogP contribution in [-0.2, 0) is 9.53 Å². The second-order valence-electron chi connectivity index (χ2n) is 4.23. The summed E-state index contributed by atoms with van der Waals surface area (Å²) in [5, 5.41) is 0. The minimum atomic E-state index is -0.390. The van der Waals surface area contributed by atoms with Gasteiger partial charge in [-0.05, 0) is 40.8 Å². The fourth-order valence-corrected chi connectivity index (χ4v) is 2.83. The molecule has 98 valence electrons. The molecule has 0 bridgehead atoms. The summed E-state index contributed by atoms with van der Waals surface area (Å²) in [4.78, 5) is 25.0. The molecule has 0 aliphatic carbocycles. The first-order valence-electron chi connectivity index (χ1n) is 5.71. The van der Waals surface area contributed by atoms with E-state index in [2.05, 4.69) is 33.2 Å². The molecule has 4 nitrogen and oxygen atoms in total. The van der Waals surface area contributed by atoms with Gasteiger partial charge in [0, 0.05) is 22.5 Å². The monoisotopic (exact) mass is 369 g/mol. The smallest absolute Gasteiger partial charge is 0.337 e. The summed E-state index contributed by atoms with van der Waals surface area (Å²) in [5.41, 5.74) is 1.26. The predicted octanol–water partition coefficient (Wildman–Crippen LogP) is 2.06. The van der Waals surface area contributed by atoms with Gasteiger partial charge in [0.25, 0.3) is 0 Å². The van der Waals surface area contributed by atoms with E-state index in [-0.39, 0.29) is 11.8 Å². The van der Waals surface area contributed by atoms with Crippen LogP contribution in [0, 0.1) is 21.8 Å². The number of ether oxygens (including phenoxy) is 1. The Morgan fingerprint density at radius 1 is 1.58 bits per heavy atom. The zero-order valence-corrected chi connectivity index (χ0v) is 12.5. The fraction of sp³-hybridized carbons (Fsp3) is 0.286. The Bertz CT molecular complexity index is 577. The fourth-order valence-electron chi connectivity index (χ4n) is 2.02. The highest BCUT2D eigenvalue weighted by Gasteiger charge is 2.30. The lowest BCUT2D eigenvalue weighted by Crippen LogP contribution is -2.25. The van der Waals surface area contributed by atoms with Crippen LogP contribution in [0.5, 0.6) is 0 Å². The van der Waals surface area contributed by atoms with Gasteiger partial charge in [-0.1, -0.05) is 0 Å². The van der Waals surface area contributed by atoms with Crippen molar-refractivity contribution in [3.63, 3.8) is 0 Å². The molecule has 1 aromatic rings. The minimum absolute atomic E-state index is 0.0201. The molecule has 0 spiro atoms. The van der Waals surface area contributed by atoms with Crippen LogP contribution < -0.4 is 4.90 Å². The van der Waals surface area contributed by atoms with Crippen LogP contribution in [-0.4, -0.2) is 25.5 Å². The third-order valence-corrected chi connectivity index (χ3v) is 3.88. The van der Waals surface area contributed by atoms with Crippen LogP contribution in [0.25, 0.3) is 0 Å². The highest BCUT2D eigenvalue weighted by atomic mass is 127. The van der Waals surface area contributed by atoms with E-state index >= 15 is 0 Å². The van der Waals surface area contributed by atoms with Crippen LogP contribution in [0.1, 0.15) is 16.8 Å². The molecule has 19 heavy (non-hydrogen) atoms. The Labute approximate surface area is 125 Å². The maximum Gasteiger partial charge on any atom is 0.337 e. The number of anilines is 1. The molecular weight excluding hydrogens is 357 g/mol. The van der Waals surface area contributed by atoms with E-state index in [0.717, 1.165) is 9.26 Å². The van der Waals surface area contributed by atoms with Crippen molar-refractivity contribution in [3.05, 3.63) is 27.3 Å². The standard InChI is InChI=1S/C14H12INO3/c1-3-9-6-13(17)16(8-9)12-5-4-10(7-11(12)15)14(18)19-2/h1,4-5,7,9H,6,8H2,2H3. The van der Waals surface area contributed by atoms with Gasteiger partial charge in [0.1, 0.15) is 0 Å². The van der Waals surface area contributed by atoms with Gasteiger partial charge in [-0.25, -0.2) is 4.79 Å². The van der Waals surface area contributed by atoms with Crippen LogP contribution in [0.2, 0.25) is 0 Å². The summed E-state index contributed by atoms with van der Waals surface area (Å²) in [6.07, 6.45) is 5.74. The van der Waals surface area contributed by atoms with E-state index in [4.69, 9.17) is 6.42 Å². The molecule has 0 N–H and O–H groups in total. The summed E-state index contributed by atoms with van der Waals surface area (Å²) in [5.74, 6) is 2.20. The first-order chi connectivity index (χ1) is 9.06. The predicted molar refractivity (Wildman–Crippen MR) is 79.8 cm³/mol. The molecule has 0 saturated carbocycles. The molecule has 0 aromatic heterocycles. The molecule has 1 amide bonds. The van der Waals surface area contributed by atoms with Gasteiger partial charge in [0.05, 0.1) is 18.4 Å². The molecule has 1 atom stereocenters. The van der Waals surface area contributed by atoms with Gasteiger partial charge < -0.3 is 9.64 Å². The lowest BCUT2D eigenvalue weighted by Gasteiger charge is -2.18. The summed E-state index contributed by atoms with van der Waals surface area (Å²) in [7, 11) is 1.34. The van der Waals surface area contributed by atoms with Crippen molar-refractivity contribution < 1.29 is 14.3 Å². The Morgan fingerprint density at radius 2 is 2.32 bits per heavy atom. The quantitative estimate of drug-likeness (QED) is 0.456. The van der Waals surface area contributed by atoms with E-state index in [1.165, 1.54) is 7.11 Å². The minimum Gasteiger partial charge on any atom is -0.465 e. The van der Waals surface area contributed by atoms with E-state index < -0.39 is 5.97 Å². The van der Waals surface area contributed by atoms with Gasteiger partial charge in [-0.15, -0.1) is 12.3 Å². The van der Waals surface area contributed by atoms with E-state index in [1.54, 1.807) is 23.1 Å². The lowest BCUT2D eigenvalue weighted by atomic mass is 10.1. The first kappa shape index (κ1) is 13.9. The number of hydrogen-bond donors (Lipinski definition) is 0. The number of rotatable bonds is 2. The number of amides is 1. The van der Waals surface area contributed by atoms with Gasteiger partial charge in [0.15, 0.2) is 0 Å². The van der Waals surface area contributed by atoms with E-state index in [9.17, 15) is 9.59 Å². The largest absolute Gasteiger partial charge is 0.465 e. The molecule has 1 heterocycles. The van der Waals surface area contributed by atoms with Crippen molar-refractivity contribution in [1.29, 1.82) is 0 Å². The maximum absolute atomic E-state index is 11.9. The molecular formula is C14H12INO3. The Morgan fingerprint density at radius 3 is 2.84 bits per heavy atom. The summed E-state index contributed by atoms with van der Waals surface area (Å²) >= 11 is 2.10. The van der Waals surface area contributed by atoms with Crippen molar-refractivity contribution in [3.8, 4) is 12.3 Å². The van der Waals surface area contributed by atoms with Gasteiger partial charge >= 0.3 is 5.97 Å². The van der Waals surface area contributed by atoms with Crippen molar-refractivity contribution in [2.24, 2.45) is 5.92 Å². The number of halogens is 1. The molecule has 1 aliphatic rings. The number of carbonyl (C=O) groups excluding carboxylic acids is 2. The van der Waals surface area contributed by atoms with Gasteiger partial charge in [0.2, 0.25) is 5.91 Å². The topological polar surface area (TPSA) is 46.6 Å². The number of terminal acetylenes is 1. The van der Waals surface area contributed by atoms with Gasteiger partial charge in [-0.3, -0.25) is 4.79 Å². The van der Waals surface area contributed by atoms with Crippen molar-refractivity contribution in [1.82, 2.24) is 0 Å².